The van der Waals surface area contributed by atoms with E-state index in [0.717, 1.165) is 15.7 Å². The van der Waals surface area contributed by atoms with Gasteiger partial charge in [-0.2, -0.15) is 0 Å². The van der Waals surface area contributed by atoms with Crippen LogP contribution >= 0.6 is 22.6 Å². The van der Waals surface area contributed by atoms with Crippen molar-refractivity contribution in [2.45, 2.75) is 11.4 Å². The monoisotopic (exact) mass is 428 g/mol. The van der Waals surface area contributed by atoms with Crippen LogP contribution in [-0.2, 0) is 9.16 Å². The average molecular weight is 428 g/mol. The largest absolute Gasteiger partial charge is 0.468 e. The molecule has 0 spiro atoms. The molecule has 7 heteroatoms. The summed E-state index contributed by atoms with van der Waals surface area (Å²) in [6.07, 6.45) is 0. The van der Waals surface area contributed by atoms with E-state index in [0.29, 0.717) is 18.0 Å². The molecule has 2 rings (SSSR count). The van der Waals surface area contributed by atoms with Gasteiger partial charge in [0, 0.05) is 22.8 Å². The summed E-state index contributed by atoms with van der Waals surface area (Å²) < 4.78 is 11.3. The minimum Gasteiger partial charge on any atom is -0.468 e. The molecule has 0 aliphatic rings. The highest BCUT2D eigenvalue weighted by Crippen LogP contribution is 2.30. The maximum absolute atomic E-state index is 11.1. The van der Waals surface area contributed by atoms with Gasteiger partial charge in [0.05, 0.1) is 4.92 Å². The Bertz CT molecular complexity index is 662. The Morgan fingerprint density at radius 1 is 1.22 bits per heavy atom. The molecular formula is C16H17IN2O4. The normalized spacial score (nSPS) is 10.3. The zero-order valence-electron chi connectivity index (χ0n) is 12.6. The highest BCUT2D eigenvalue weighted by Gasteiger charge is 2.14. The van der Waals surface area contributed by atoms with Crippen molar-refractivity contribution in [3.63, 3.8) is 0 Å². The van der Waals surface area contributed by atoms with Gasteiger partial charge in [0.1, 0.15) is 11.4 Å². The first-order chi connectivity index (χ1) is 11.1. The summed E-state index contributed by atoms with van der Waals surface area (Å²) in [7, 11) is 0. The zero-order valence-corrected chi connectivity index (χ0v) is 14.8. The van der Waals surface area contributed by atoms with Gasteiger partial charge in [0.2, 0.25) is 0 Å². The molecule has 6 nitrogen and oxygen atoms in total. The third-order valence-corrected chi connectivity index (χ3v) is 3.94. The van der Waals surface area contributed by atoms with Gasteiger partial charge < -0.3 is 14.8 Å². The number of alkyl halides is 1. The third kappa shape index (κ3) is 5.07. The van der Waals surface area contributed by atoms with Crippen molar-refractivity contribution in [2.24, 2.45) is 0 Å². The number of nitrogens with one attached hydrogen (secondary N) is 1. The van der Waals surface area contributed by atoms with Crippen LogP contribution in [0.1, 0.15) is 12.5 Å². The minimum absolute atomic E-state index is 0.0512. The van der Waals surface area contributed by atoms with Gasteiger partial charge in [0.25, 0.3) is 5.69 Å². The molecule has 0 aromatic heterocycles. The molecule has 2 aromatic carbocycles. The first kappa shape index (κ1) is 17.5. The van der Waals surface area contributed by atoms with Gasteiger partial charge in [0.15, 0.2) is 6.79 Å². The lowest BCUT2D eigenvalue weighted by Crippen LogP contribution is -2.02. The molecule has 2 aromatic rings. The van der Waals surface area contributed by atoms with Crippen molar-refractivity contribution in [1.82, 2.24) is 0 Å². The number of anilines is 2. The third-order valence-electron chi connectivity index (χ3n) is 3.06. The van der Waals surface area contributed by atoms with Crippen LogP contribution in [0.3, 0.4) is 0 Å². The first-order valence-electron chi connectivity index (χ1n) is 7.05. The molecular weight excluding hydrogens is 411 g/mol. The lowest BCUT2D eigenvalue weighted by molar-refractivity contribution is -0.383. The topological polar surface area (TPSA) is 73.6 Å². The molecule has 0 saturated carbocycles. The molecule has 122 valence electrons. The fourth-order valence-electron chi connectivity index (χ4n) is 1.91. The van der Waals surface area contributed by atoms with E-state index in [1.54, 1.807) is 24.3 Å². The molecule has 0 aliphatic heterocycles. The van der Waals surface area contributed by atoms with Crippen molar-refractivity contribution in [1.29, 1.82) is 0 Å². The number of ether oxygens (including phenoxy) is 2. The van der Waals surface area contributed by atoms with E-state index in [2.05, 4.69) is 27.9 Å². The Hall–Kier alpha value is -1.87. The predicted octanol–water partition coefficient (Wildman–Crippen LogP) is 4.65. The van der Waals surface area contributed by atoms with Crippen LogP contribution in [0.2, 0.25) is 0 Å². The van der Waals surface area contributed by atoms with Crippen LogP contribution in [0.25, 0.3) is 0 Å². The van der Waals surface area contributed by atoms with E-state index in [1.165, 1.54) is 6.07 Å². The van der Waals surface area contributed by atoms with Gasteiger partial charge in [-0.05, 0) is 42.8 Å². The van der Waals surface area contributed by atoms with Crippen LogP contribution in [-0.4, -0.2) is 18.3 Å². The smallest absolute Gasteiger partial charge is 0.292 e. The summed E-state index contributed by atoms with van der Waals surface area (Å²) >= 11 is 2.22. The molecule has 0 atom stereocenters. The molecule has 0 radical (unpaired) electrons. The van der Waals surface area contributed by atoms with Gasteiger partial charge in [-0.15, -0.1) is 0 Å². The number of nitrogens with zero attached hydrogens (tertiary/aromatic N) is 1. The number of rotatable bonds is 8. The van der Waals surface area contributed by atoms with Gasteiger partial charge in [-0.25, -0.2) is 0 Å². The predicted molar refractivity (Wildman–Crippen MR) is 97.7 cm³/mol. The Kier molecular flexibility index (Phi) is 6.60. The van der Waals surface area contributed by atoms with Crippen LogP contribution in [0, 0.1) is 10.1 Å². The maximum Gasteiger partial charge on any atom is 0.292 e. The molecule has 0 heterocycles. The standard InChI is InChI=1S/C16H17IN2O4/c1-2-22-11-23-14-6-4-13(5-7-14)18-15-9-12(10-17)3-8-16(15)19(20)21/h3-9,18H,2,10-11H2,1H3. The fourth-order valence-corrected chi connectivity index (χ4v) is 2.38. The van der Waals surface area contributed by atoms with E-state index in [1.807, 2.05) is 19.1 Å². The lowest BCUT2D eigenvalue weighted by Gasteiger charge is -2.10. The summed E-state index contributed by atoms with van der Waals surface area (Å²) in [5, 5.41) is 14.2. The van der Waals surface area contributed by atoms with Crippen molar-refractivity contribution >= 4 is 39.7 Å². The second-order valence-corrected chi connectivity index (χ2v) is 5.41. The van der Waals surface area contributed by atoms with Crippen molar-refractivity contribution in [3.05, 3.63) is 58.1 Å². The number of nitro benzene ring substituents is 1. The van der Waals surface area contributed by atoms with E-state index in [9.17, 15) is 10.1 Å². The van der Waals surface area contributed by atoms with Gasteiger partial charge in [-0.3, -0.25) is 10.1 Å². The van der Waals surface area contributed by atoms with Crippen LogP contribution in [0.4, 0.5) is 17.1 Å². The van der Waals surface area contributed by atoms with Crippen molar-refractivity contribution < 1.29 is 14.4 Å². The Balaban J connectivity index is 2.13. The molecule has 0 amide bonds. The van der Waals surface area contributed by atoms with E-state index >= 15 is 0 Å². The SMILES string of the molecule is CCOCOc1ccc(Nc2cc(CI)ccc2[N+](=O)[O-])cc1. The molecule has 23 heavy (non-hydrogen) atoms. The van der Waals surface area contributed by atoms with Gasteiger partial charge in [-0.1, -0.05) is 28.7 Å². The highest BCUT2D eigenvalue weighted by molar-refractivity contribution is 14.1. The van der Waals surface area contributed by atoms with E-state index in [-0.39, 0.29) is 12.5 Å². The second kappa shape index (κ2) is 8.68. The number of benzene rings is 2. The number of hydrogen-bond acceptors (Lipinski definition) is 5. The Morgan fingerprint density at radius 3 is 2.57 bits per heavy atom. The zero-order chi connectivity index (χ0) is 16.7. The molecule has 0 saturated heterocycles. The Morgan fingerprint density at radius 2 is 1.96 bits per heavy atom. The summed E-state index contributed by atoms with van der Waals surface area (Å²) in [5.41, 5.74) is 2.31. The summed E-state index contributed by atoms with van der Waals surface area (Å²) in [6.45, 7) is 2.69. The maximum atomic E-state index is 11.1. The molecule has 0 fully saturated rings. The first-order valence-corrected chi connectivity index (χ1v) is 8.57. The molecule has 0 aliphatic carbocycles. The average Bonchev–Trinajstić information content (AvgIpc) is 2.56. The van der Waals surface area contributed by atoms with Gasteiger partial charge >= 0.3 is 0 Å². The number of halogens is 1. The van der Waals surface area contributed by atoms with Crippen LogP contribution in [0.15, 0.2) is 42.5 Å². The molecule has 0 unspecified atom stereocenters. The lowest BCUT2D eigenvalue weighted by atomic mass is 10.2. The van der Waals surface area contributed by atoms with Crippen LogP contribution in [0.5, 0.6) is 5.75 Å². The number of nitro groups is 1. The van der Waals surface area contributed by atoms with Crippen molar-refractivity contribution in [2.75, 3.05) is 18.7 Å². The van der Waals surface area contributed by atoms with Crippen LogP contribution < -0.4 is 10.1 Å². The number of hydrogen-bond donors (Lipinski definition) is 1. The highest BCUT2D eigenvalue weighted by atomic mass is 127. The second-order valence-electron chi connectivity index (χ2n) is 4.65. The van der Waals surface area contributed by atoms with E-state index in [4.69, 9.17) is 9.47 Å². The minimum atomic E-state index is -0.390. The summed E-state index contributed by atoms with van der Waals surface area (Å²) in [5.74, 6) is 0.680. The summed E-state index contributed by atoms with van der Waals surface area (Å²) in [4.78, 5) is 10.8. The summed E-state index contributed by atoms with van der Waals surface area (Å²) in [6, 6.07) is 12.3. The molecule has 1 N–H and O–H groups in total. The fraction of sp³-hybridized carbons (Fsp3) is 0.250. The Labute approximate surface area is 148 Å². The van der Waals surface area contributed by atoms with Crippen molar-refractivity contribution in [3.8, 4) is 5.75 Å². The van der Waals surface area contributed by atoms with E-state index < -0.39 is 4.92 Å². The molecule has 0 bridgehead atoms. The quantitative estimate of drug-likeness (QED) is 0.166.